The third-order valence-electron chi connectivity index (χ3n) is 6.33. The van der Waals surface area contributed by atoms with E-state index in [9.17, 15) is 4.79 Å². The van der Waals surface area contributed by atoms with E-state index in [1.165, 1.54) is 25.7 Å². The van der Waals surface area contributed by atoms with Crippen LogP contribution in [0.5, 0.6) is 0 Å². The Hall–Kier alpha value is -2.71. The Kier molecular flexibility index (Phi) is 5.74. The van der Waals surface area contributed by atoms with Crippen LogP contribution in [-0.4, -0.2) is 53.6 Å². The molecule has 4 atom stereocenters. The Bertz CT molecular complexity index is 916. The maximum absolute atomic E-state index is 12.3. The van der Waals surface area contributed by atoms with Crippen molar-refractivity contribution in [1.82, 2.24) is 9.97 Å². The number of nitrogens with one attached hydrogen (secondary N) is 2. The summed E-state index contributed by atoms with van der Waals surface area (Å²) in [6.07, 6.45) is 5.26. The molecule has 1 amide bonds. The van der Waals surface area contributed by atoms with Gasteiger partial charge in [-0.1, -0.05) is 30.5 Å². The number of carbonyl (C=O) groups is 1. The van der Waals surface area contributed by atoms with E-state index in [0.717, 1.165) is 11.3 Å². The first-order chi connectivity index (χ1) is 15.2. The maximum atomic E-state index is 12.3. The van der Waals surface area contributed by atoms with E-state index < -0.39 is 12.2 Å². The van der Waals surface area contributed by atoms with Crippen LogP contribution in [0.1, 0.15) is 42.9 Å². The van der Waals surface area contributed by atoms with Crippen LogP contribution in [0.15, 0.2) is 36.5 Å². The summed E-state index contributed by atoms with van der Waals surface area (Å²) < 4.78 is 17.4. The quantitative estimate of drug-likeness (QED) is 0.757. The number of aromatic nitrogens is 2. The Morgan fingerprint density at radius 2 is 1.84 bits per heavy atom. The number of hydrogen-bond acceptors (Lipinski definition) is 7. The Balaban J connectivity index is 1.17. The van der Waals surface area contributed by atoms with Crippen LogP contribution in [0.3, 0.4) is 0 Å². The molecule has 2 saturated heterocycles. The van der Waals surface area contributed by atoms with Gasteiger partial charge < -0.3 is 19.5 Å². The Labute approximate surface area is 181 Å². The summed E-state index contributed by atoms with van der Waals surface area (Å²) in [5, 5.41) is 6.12. The van der Waals surface area contributed by atoms with Crippen LogP contribution in [-0.2, 0) is 14.2 Å². The van der Waals surface area contributed by atoms with Crippen molar-refractivity contribution in [2.75, 3.05) is 23.8 Å². The number of hydrogen-bond donors (Lipinski definition) is 2. The Morgan fingerprint density at radius 3 is 2.65 bits per heavy atom. The molecule has 1 saturated carbocycles. The molecule has 3 fully saturated rings. The molecule has 0 spiro atoms. The van der Waals surface area contributed by atoms with Crippen LogP contribution in [0.4, 0.5) is 16.4 Å². The largest absolute Gasteiger partial charge is 0.441 e. The third kappa shape index (κ3) is 4.50. The van der Waals surface area contributed by atoms with E-state index in [-0.39, 0.29) is 18.2 Å². The lowest BCUT2D eigenvalue weighted by Crippen LogP contribution is -2.38. The minimum Gasteiger partial charge on any atom is -0.441 e. The fourth-order valence-electron chi connectivity index (χ4n) is 4.67. The molecular formula is C23H28N4O4. The first-order valence-electron chi connectivity index (χ1n) is 11.0. The van der Waals surface area contributed by atoms with E-state index in [2.05, 4.69) is 15.6 Å². The molecule has 1 aliphatic carbocycles. The van der Waals surface area contributed by atoms with Crippen molar-refractivity contribution in [2.45, 2.75) is 62.9 Å². The van der Waals surface area contributed by atoms with E-state index in [4.69, 9.17) is 19.2 Å². The van der Waals surface area contributed by atoms with Crippen molar-refractivity contribution in [3.63, 3.8) is 0 Å². The monoisotopic (exact) mass is 424 g/mol. The molecule has 8 heteroatoms. The minimum absolute atomic E-state index is 0.0856. The molecule has 2 aliphatic heterocycles. The normalized spacial score (nSPS) is 27.8. The zero-order valence-corrected chi connectivity index (χ0v) is 17.6. The number of ether oxygens (including phenoxy) is 3. The minimum atomic E-state index is -0.509. The molecule has 0 bridgehead atoms. The van der Waals surface area contributed by atoms with Crippen molar-refractivity contribution in [1.29, 1.82) is 0 Å². The number of amides is 1. The van der Waals surface area contributed by atoms with Gasteiger partial charge in [0.15, 0.2) is 6.10 Å². The summed E-state index contributed by atoms with van der Waals surface area (Å²) in [7, 11) is 0. The zero-order chi connectivity index (χ0) is 21.2. The summed E-state index contributed by atoms with van der Waals surface area (Å²) >= 11 is 0. The van der Waals surface area contributed by atoms with Crippen LogP contribution >= 0.6 is 0 Å². The van der Waals surface area contributed by atoms with Crippen LogP contribution in [0.2, 0.25) is 0 Å². The van der Waals surface area contributed by atoms with Gasteiger partial charge in [0.2, 0.25) is 5.95 Å². The molecule has 31 heavy (non-hydrogen) atoms. The number of fused-ring (bicyclic) bond motifs is 1. The second-order valence-corrected chi connectivity index (χ2v) is 8.57. The number of benzene rings is 1. The summed E-state index contributed by atoms with van der Waals surface area (Å²) in [5.41, 5.74) is 2.92. The van der Waals surface area contributed by atoms with Crippen LogP contribution in [0, 0.1) is 6.92 Å². The maximum Gasteiger partial charge on any atom is 0.412 e. The molecule has 164 valence electrons. The van der Waals surface area contributed by atoms with Gasteiger partial charge in [0, 0.05) is 23.5 Å². The van der Waals surface area contributed by atoms with Gasteiger partial charge in [0.1, 0.15) is 12.2 Å². The number of nitrogens with zero attached hydrogens (tertiary/aromatic N) is 2. The smallest absolute Gasteiger partial charge is 0.412 e. The van der Waals surface area contributed by atoms with Gasteiger partial charge in [0.25, 0.3) is 0 Å². The SMILES string of the molecule is Cc1ccc(NC(=O)O[C@@H]2CO[C@H]3[C@@H]2OC[C@@H]3Nc2nccc(C3CCCC3)n2)cc1. The molecule has 0 radical (unpaired) electrons. The predicted octanol–water partition coefficient (Wildman–Crippen LogP) is 3.64. The van der Waals surface area contributed by atoms with Gasteiger partial charge in [-0.25, -0.2) is 14.8 Å². The molecule has 8 nitrogen and oxygen atoms in total. The molecule has 1 aromatic heterocycles. The average Bonchev–Trinajstić information content (AvgIpc) is 3.51. The fourth-order valence-corrected chi connectivity index (χ4v) is 4.67. The second kappa shape index (κ2) is 8.80. The second-order valence-electron chi connectivity index (χ2n) is 8.57. The number of rotatable bonds is 5. The molecule has 1 aromatic carbocycles. The van der Waals surface area contributed by atoms with Crippen molar-refractivity contribution >= 4 is 17.7 Å². The van der Waals surface area contributed by atoms with Crippen molar-refractivity contribution < 1.29 is 19.0 Å². The molecule has 3 heterocycles. The lowest BCUT2D eigenvalue weighted by molar-refractivity contribution is 0.00917. The number of anilines is 2. The molecule has 5 rings (SSSR count). The first kappa shape index (κ1) is 20.2. The molecule has 3 aliphatic rings. The third-order valence-corrected chi connectivity index (χ3v) is 6.33. The lowest BCUT2D eigenvalue weighted by atomic mass is 10.0. The molecule has 0 unspecified atom stereocenters. The molecule has 2 aromatic rings. The predicted molar refractivity (Wildman–Crippen MR) is 115 cm³/mol. The van der Waals surface area contributed by atoms with Crippen LogP contribution < -0.4 is 10.6 Å². The van der Waals surface area contributed by atoms with Crippen molar-refractivity contribution in [3.8, 4) is 0 Å². The molecular weight excluding hydrogens is 396 g/mol. The average molecular weight is 425 g/mol. The summed E-state index contributed by atoms with van der Waals surface area (Å²) in [5.74, 6) is 1.13. The summed E-state index contributed by atoms with van der Waals surface area (Å²) in [6.45, 7) is 2.75. The summed E-state index contributed by atoms with van der Waals surface area (Å²) in [6, 6.07) is 9.48. The first-order valence-corrected chi connectivity index (χ1v) is 11.0. The highest BCUT2D eigenvalue weighted by Crippen LogP contribution is 2.34. The standard InChI is InChI=1S/C23H28N4O4/c1-14-6-8-16(9-7-14)25-23(28)31-19-13-30-20-18(12-29-21(19)20)27-22-24-11-10-17(26-22)15-4-2-3-5-15/h6-11,15,18-21H,2-5,12-13H2,1H3,(H,25,28)(H,24,26,27)/t18-,19+,20+,21+/m0/s1. The fraction of sp³-hybridized carbons (Fsp3) is 0.522. The summed E-state index contributed by atoms with van der Waals surface area (Å²) in [4.78, 5) is 21.4. The van der Waals surface area contributed by atoms with E-state index in [1.807, 2.05) is 43.5 Å². The molecule has 2 N–H and O–H groups in total. The van der Waals surface area contributed by atoms with Crippen molar-refractivity contribution in [3.05, 3.63) is 47.8 Å². The van der Waals surface area contributed by atoms with Gasteiger partial charge >= 0.3 is 6.09 Å². The highest BCUT2D eigenvalue weighted by Gasteiger charge is 2.49. The highest BCUT2D eigenvalue weighted by atomic mass is 16.6. The van der Waals surface area contributed by atoms with E-state index in [1.54, 1.807) is 0 Å². The topological polar surface area (TPSA) is 94.6 Å². The van der Waals surface area contributed by atoms with Crippen LogP contribution in [0.25, 0.3) is 0 Å². The lowest BCUT2D eigenvalue weighted by Gasteiger charge is -2.18. The van der Waals surface area contributed by atoms with Gasteiger partial charge in [-0.2, -0.15) is 0 Å². The number of carbonyl (C=O) groups excluding carboxylic acids is 1. The van der Waals surface area contributed by atoms with Crippen molar-refractivity contribution in [2.24, 2.45) is 0 Å². The zero-order valence-electron chi connectivity index (χ0n) is 17.6. The van der Waals surface area contributed by atoms with Gasteiger partial charge in [0.05, 0.1) is 19.3 Å². The van der Waals surface area contributed by atoms with Gasteiger partial charge in [-0.15, -0.1) is 0 Å². The van der Waals surface area contributed by atoms with Gasteiger partial charge in [-0.3, -0.25) is 5.32 Å². The highest BCUT2D eigenvalue weighted by molar-refractivity contribution is 5.84. The number of aryl methyl sites for hydroxylation is 1. The van der Waals surface area contributed by atoms with E-state index in [0.29, 0.717) is 30.8 Å². The van der Waals surface area contributed by atoms with E-state index >= 15 is 0 Å². The van der Waals surface area contributed by atoms with Gasteiger partial charge in [-0.05, 0) is 38.0 Å². The Morgan fingerprint density at radius 1 is 1.06 bits per heavy atom.